The fourth-order valence-electron chi connectivity index (χ4n) is 2.30. The lowest BCUT2D eigenvalue weighted by molar-refractivity contribution is -0.0329. The van der Waals surface area contributed by atoms with E-state index in [1.165, 1.54) is 19.2 Å². The summed E-state index contributed by atoms with van der Waals surface area (Å²) in [5.74, 6) is -0.0383. The summed E-state index contributed by atoms with van der Waals surface area (Å²) in [4.78, 5) is 10.9. The highest BCUT2D eigenvalue weighted by molar-refractivity contribution is 5.88. The van der Waals surface area contributed by atoms with Crippen molar-refractivity contribution in [2.75, 3.05) is 13.7 Å². The highest BCUT2D eigenvalue weighted by Gasteiger charge is 2.32. The molecule has 0 radical (unpaired) electrons. The molecule has 0 aromatic heterocycles. The molecule has 1 fully saturated rings. The standard InChI is InChI=1S/C15H20O5/c1-15(2)7-6-11(20-15)9-19-12-5-4-10(14(16)17)8-13(12)18-3/h4-5,8,11H,6-7,9H2,1-3H3,(H,16,17). The van der Waals surface area contributed by atoms with Crippen LogP contribution >= 0.6 is 0 Å². The second-order valence-electron chi connectivity index (χ2n) is 5.52. The Morgan fingerprint density at radius 1 is 1.45 bits per heavy atom. The Balaban J connectivity index is 2.01. The van der Waals surface area contributed by atoms with Crippen LogP contribution in [0.2, 0.25) is 0 Å². The molecule has 1 saturated heterocycles. The third kappa shape index (κ3) is 3.42. The molecule has 5 nitrogen and oxygen atoms in total. The topological polar surface area (TPSA) is 65.0 Å². The predicted molar refractivity (Wildman–Crippen MR) is 73.6 cm³/mol. The number of ether oxygens (including phenoxy) is 3. The van der Waals surface area contributed by atoms with Gasteiger partial charge in [-0.3, -0.25) is 0 Å². The molecule has 1 aliphatic rings. The van der Waals surface area contributed by atoms with Crippen LogP contribution in [0.25, 0.3) is 0 Å². The van der Waals surface area contributed by atoms with Crippen molar-refractivity contribution in [3.63, 3.8) is 0 Å². The maximum Gasteiger partial charge on any atom is 0.335 e. The molecule has 1 aromatic carbocycles. The predicted octanol–water partition coefficient (Wildman–Crippen LogP) is 2.73. The summed E-state index contributed by atoms with van der Waals surface area (Å²) in [6.45, 7) is 4.57. The van der Waals surface area contributed by atoms with E-state index in [0.29, 0.717) is 18.1 Å². The Bertz CT molecular complexity index is 495. The molecule has 5 heteroatoms. The molecule has 0 aliphatic carbocycles. The van der Waals surface area contributed by atoms with Crippen LogP contribution in [0.15, 0.2) is 18.2 Å². The van der Waals surface area contributed by atoms with E-state index < -0.39 is 5.97 Å². The van der Waals surface area contributed by atoms with Crippen molar-refractivity contribution in [2.24, 2.45) is 0 Å². The van der Waals surface area contributed by atoms with E-state index in [1.807, 2.05) is 0 Å². The van der Waals surface area contributed by atoms with Gasteiger partial charge in [0.15, 0.2) is 11.5 Å². The SMILES string of the molecule is COc1cc(C(=O)O)ccc1OCC1CCC(C)(C)O1. The van der Waals surface area contributed by atoms with Gasteiger partial charge in [0.05, 0.1) is 24.4 Å². The first-order valence-electron chi connectivity index (χ1n) is 6.63. The zero-order chi connectivity index (χ0) is 14.8. The van der Waals surface area contributed by atoms with Gasteiger partial charge in [-0.1, -0.05) is 0 Å². The van der Waals surface area contributed by atoms with Gasteiger partial charge in [0.1, 0.15) is 6.61 Å². The molecule has 1 aliphatic heterocycles. The number of methoxy groups -OCH3 is 1. The number of carboxylic acids is 1. The molecule has 0 spiro atoms. The van der Waals surface area contributed by atoms with Crippen LogP contribution in [0.1, 0.15) is 37.0 Å². The normalized spacial score (nSPS) is 20.6. The lowest BCUT2D eigenvalue weighted by atomic mass is 10.1. The molecular weight excluding hydrogens is 260 g/mol. The first kappa shape index (κ1) is 14.7. The first-order valence-corrected chi connectivity index (χ1v) is 6.63. The Morgan fingerprint density at radius 2 is 2.20 bits per heavy atom. The first-order chi connectivity index (χ1) is 9.41. The van der Waals surface area contributed by atoms with Crippen molar-refractivity contribution in [1.29, 1.82) is 0 Å². The maximum absolute atomic E-state index is 10.9. The minimum absolute atomic E-state index is 0.0638. The van der Waals surface area contributed by atoms with Gasteiger partial charge in [-0.25, -0.2) is 4.79 Å². The number of hydrogen-bond acceptors (Lipinski definition) is 4. The molecule has 0 saturated carbocycles. The largest absolute Gasteiger partial charge is 0.493 e. The molecule has 0 amide bonds. The van der Waals surface area contributed by atoms with E-state index in [2.05, 4.69) is 13.8 Å². The molecule has 0 bridgehead atoms. The van der Waals surface area contributed by atoms with Crippen molar-refractivity contribution in [3.05, 3.63) is 23.8 Å². The van der Waals surface area contributed by atoms with Crippen molar-refractivity contribution < 1.29 is 24.1 Å². The molecule has 1 unspecified atom stereocenters. The summed E-state index contributed by atoms with van der Waals surface area (Å²) >= 11 is 0. The maximum atomic E-state index is 10.9. The number of benzene rings is 1. The van der Waals surface area contributed by atoms with Crippen LogP contribution in [0.3, 0.4) is 0 Å². The lowest BCUT2D eigenvalue weighted by Gasteiger charge is -2.20. The molecule has 2 rings (SSSR count). The van der Waals surface area contributed by atoms with Crippen LogP contribution in [-0.4, -0.2) is 36.5 Å². The molecular formula is C15H20O5. The number of rotatable bonds is 5. The summed E-state index contributed by atoms with van der Waals surface area (Å²) in [5, 5.41) is 8.94. The highest BCUT2D eigenvalue weighted by atomic mass is 16.6. The summed E-state index contributed by atoms with van der Waals surface area (Å²) in [7, 11) is 1.49. The third-order valence-corrected chi connectivity index (χ3v) is 3.39. The van der Waals surface area contributed by atoms with Crippen LogP contribution in [0.4, 0.5) is 0 Å². The highest BCUT2D eigenvalue weighted by Crippen LogP contribution is 2.32. The zero-order valence-electron chi connectivity index (χ0n) is 12.0. The van der Waals surface area contributed by atoms with Gasteiger partial charge in [0.2, 0.25) is 0 Å². The number of carbonyl (C=O) groups is 1. The number of carboxylic acid groups (broad SMARTS) is 1. The van der Waals surface area contributed by atoms with Gasteiger partial charge in [-0.2, -0.15) is 0 Å². The van der Waals surface area contributed by atoms with Crippen molar-refractivity contribution in [1.82, 2.24) is 0 Å². The minimum Gasteiger partial charge on any atom is -0.493 e. The third-order valence-electron chi connectivity index (χ3n) is 3.39. The summed E-state index contributed by atoms with van der Waals surface area (Å²) in [6, 6.07) is 4.57. The summed E-state index contributed by atoms with van der Waals surface area (Å²) in [6.07, 6.45) is 2.03. The fraction of sp³-hybridized carbons (Fsp3) is 0.533. The van der Waals surface area contributed by atoms with Crippen LogP contribution < -0.4 is 9.47 Å². The van der Waals surface area contributed by atoms with Crippen LogP contribution in [-0.2, 0) is 4.74 Å². The van der Waals surface area contributed by atoms with E-state index in [4.69, 9.17) is 19.3 Å². The summed E-state index contributed by atoms with van der Waals surface area (Å²) in [5.41, 5.74) is 0.0816. The van der Waals surface area contributed by atoms with Gasteiger partial charge < -0.3 is 19.3 Å². The molecule has 20 heavy (non-hydrogen) atoms. The van der Waals surface area contributed by atoms with Crippen molar-refractivity contribution >= 4 is 5.97 Å². The van der Waals surface area contributed by atoms with Gasteiger partial charge >= 0.3 is 5.97 Å². The van der Waals surface area contributed by atoms with E-state index in [0.717, 1.165) is 12.8 Å². The van der Waals surface area contributed by atoms with E-state index >= 15 is 0 Å². The fourth-order valence-corrected chi connectivity index (χ4v) is 2.30. The van der Waals surface area contributed by atoms with Crippen LogP contribution in [0, 0.1) is 0 Å². The van der Waals surface area contributed by atoms with Gasteiger partial charge in [-0.05, 0) is 44.9 Å². The average Bonchev–Trinajstić information content (AvgIpc) is 2.75. The van der Waals surface area contributed by atoms with E-state index in [1.54, 1.807) is 6.07 Å². The number of aromatic carboxylic acids is 1. The van der Waals surface area contributed by atoms with Crippen LogP contribution in [0.5, 0.6) is 11.5 Å². The number of hydrogen-bond donors (Lipinski definition) is 1. The molecule has 1 heterocycles. The van der Waals surface area contributed by atoms with E-state index in [9.17, 15) is 4.79 Å². The quantitative estimate of drug-likeness (QED) is 0.898. The second kappa shape index (κ2) is 5.71. The Kier molecular flexibility index (Phi) is 4.18. The van der Waals surface area contributed by atoms with Crippen molar-refractivity contribution in [2.45, 2.75) is 38.4 Å². The van der Waals surface area contributed by atoms with Gasteiger partial charge in [-0.15, -0.1) is 0 Å². The minimum atomic E-state index is -0.990. The Morgan fingerprint density at radius 3 is 2.75 bits per heavy atom. The Labute approximate surface area is 118 Å². The molecule has 1 atom stereocenters. The molecule has 110 valence electrons. The monoisotopic (exact) mass is 280 g/mol. The van der Waals surface area contributed by atoms with Crippen molar-refractivity contribution in [3.8, 4) is 11.5 Å². The summed E-state index contributed by atoms with van der Waals surface area (Å²) < 4.78 is 16.7. The second-order valence-corrected chi connectivity index (χ2v) is 5.52. The smallest absolute Gasteiger partial charge is 0.335 e. The van der Waals surface area contributed by atoms with E-state index in [-0.39, 0.29) is 17.3 Å². The lowest BCUT2D eigenvalue weighted by Crippen LogP contribution is -2.24. The zero-order valence-corrected chi connectivity index (χ0v) is 12.0. The average molecular weight is 280 g/mol. The van der Waals surface area contributed by atoms with Gasteiger partial charge in [0, 0.05) is 0 Å². The molecule has 1 aromatic rings. The van der Waals surface area contributed by atoms with Gasteiger partial charge in [0.25, 0.3) is 0 Å². The molecule has 1 N–H and O–H groups in total. The Hall–Kier alpha value is -1.75.